The minimum Gasteiger partial charge on any atom is -0.493 e. The normalized spacial score (nSPS) is 15.0. The minimum atomic E-state index is -0.323. The molecule has 164 valence electrons. The molecule has 1 atom stereocenters. The number of nitrogens with one attached hydrogen (secondary N) is 1. The molecule has 1 amide bonds. The molecule has 0 saturated heterocycles. The fraction of sp³-hybridized carbons (Fsp3) is 0.222. The molecule has 1 heterocycles. The largest absolute Gasteiger partial charge is 0.493 e. The standard InChI is InChI=1S/C27H28N2O3/c1-3-17-29-26(28-23-14-8-7-13-22(23)27(29)30)21-15-16-24(25(19-21)31-2)32-18-9-12-20-10-5-4-6-11-20/h3-8,10-11,13-16,19,26,28H,1,9,12,17-18H2,2H3. The third-order valence-corrected chi connectivity index (χ3v) is 5.56. The van der Waals surface area contributed by atoms with Crippen LogP contribution in [-0.4, -0.2) is 31.1 Å². The van der Waals surface area contributed by atoms with Gasteiger partial charge in [0.25, 0.3) is 5.91 Å². The summed E-state index contributed by atoms with van der Waals surface area (Å²) in [6.07, 6.45) is 3.29. The Morgan fingerprint density at radius 1 is 1.03 bits per heavy atom. The van der Waals surface area contributed by atoms with E-state index in [0.717, 1.165) is 24.1 Å². The Kier molecular flexibility index (Phi) is 6.75. The average molecular weight is 429 g/mol. The molecular weight excluding hydrogens is 400 g/mol. The van der Waals surface area contributed by atoms with Gasteiger partial charge < -0.3 is 19.7 Å². The quantitative estimate of drug-likeness (QED) is 0.363. The predicted molar refractivity (Wildman–Crippen MR) is 127 cm³/mol. The van der Waals surface area contributed by atoms with Gasteiger partial charge in [-0.25, -0.2) is 0 Å². The van der Waals surface area contributed by atoms with Gasteiger partial charge in [0.15, 0.2) is 11.5 Å². The first kappa shape index (κ1) is 21.5. The first-order chi connectivity index (χ1) is 15.7. The highest BCUT2D eigenvalue weighted by Gasteiger charge is 2.32. The third-order valence-electron chi connectivity index (χ3n) is 5.56. The van der Waals surface area contributed by atoms with E-state index in [1.165, 1.54) is 5.56 Å². The molecule has 1 aliphatic rings. The molecular formula is C27H28N2O3. The Bertz CT molecular complexity index is 1080. The number of ether oxygens (including phenoxy) is 2. The number of carbonyl (C=O) groups is 1. The summed E-state index contributed by atoms with van der Waals surface area (Å²) in [5.74, 6) is 1.32. The zero-order valence-electron chi connectivity index (χ0n) is 18.3. The maximum absolute atomic E-state index is 13.1. The Balaban J connectivity index is 1.49. The van der Waals surface area contributed by atoms with Crippen LogP contribution < -0.4 is 14.8 Å². The van der Waals surface area contributed by atoms with Crippen molar-refractivity contribution in [3.8, 4) is 11.5 Å². The number of para-hydroxylation sites is 1. The van der Waals surface area contributed by atoms with Crippen LogP contribution in [0.25, 0.3) is 0 Å². The van der Waals surface area contributed by atoms with E-state index < -0.39 is 0 Å². The number of fused-ring (bicyclic) bond motifs is 1. The van der Waals surface area contributed by atoms with E-state index in [9.17, 15) is 4.79 Å². The summed E-state index contributed by atoms with van der Waals surface area (Å²) < 4.78 is 11.6. The zero-order chi connectivity index (χ0) is 22.3. The predicted octanol–water partition coefficient (Wildman–Crippen LogP) is 5.46. The van der Waals surface area contributed by atoms with E-state index in [-0.39, 0.29) is 12.1 Å². The molecule has 5 heteroatoms. The van der Waals surface area contributed by atoms with Crippen molar-refractivity contribution in [1.29, 1.82) is 0 Å². The maximum Gasteiger partial charge on any atom is 0.258 e. The first-order valence-corrected chi connectivity index (χ1v) is 10.8. The molecule has 32 heavy (non-hydrogen) atoms. The Hall–Kier alpha value is -3.73. The maximum atomic E-state index is 13.1. The van der Waals surface area contributed by atoms with Gasteiger partial charge in [0.1, 0.15) is 6.17 Å². The lowest BCUT2D eigenvalue weighted by molar-refractivity contribution is 0.0707. The molecule has 3 aromatic rings. The Labute approximate surface area is 189 Å². The van der Waals surface area contributed by atoms with E-state index in [4.69, 9.17) is 9.47 Å². The van der Waals surface area contributed by atoms with E-state index in [1.807, 2.05) is 48.5 Å². The number of benzene rings is 3. The smallest absolute Gasteiger partial charge is 0.258 e. The van der Waals surface area contributed by atoms with Gasteiger partial charge in [-0.1, -0.05) is 54.6 Å². The second-order valence-electron chi connectivity index (χ2n) is 7.69. The highest BCUT2D eigenvalue weighted by molar-refractivity contribution is 6.01. The van der Waals surface area contributed by atoms with Crippen molar-refractivity contribution in [2.24, 2.45) is 0 Å². The zero-order valence-corrected chi connectivity index (χ0v) is 18.3. The summed E-state index contributed by atoms with van der Waals surface area (Å²) in [6.45, 7) is 4.85. The van der Waals surface area contributed by atoms with Crippen LogP contribution in [0, 0.1) is 0 Å². The van der Waals surface area contributed by atoms with Crippen molar-refractivity contribution in [2.45, 2.75) is 19.0 Å². The lowest BCUT2D eigenvalue weighted by Gasteiger charge is -2.37. The molecule has 3 aromatic carbocycles. The molecule has 0 bridgehead atoms. The monoisotopic (exact) mass is 428 g/mol. The summed E-state index contributed by atoms with van der Waals surface area (Å²) in [5.41, 5.74) is 3.70. The number of anilines is 1. The van der Waals surface area contributed by atoms with Crippen molar-refractivity contribution < 1.29 is 14.3 Å². The summed E-state index contributed by atoms with van der Waals surface area (Å²) in [7, 11) is 1.63. The number of hydrogen-bond acceptors (Lipinski definition) is 4. The molecule has 0 aliphatic carbocycles. The number of rotatable bonds is 9. The van der Waals surface area contributed by atoms with Crippen LogP contribution in [0.4, 0.5) is 5.69 Å². The number of amides is 1. The summed E-state index contributed by atoms with van der Waals surface area (Å²) in [4.78, 5) is 14.9. The summed E-state index contributed by atoms with van der Waals surface area (Å²) in [6, 6.07) is 23.8. The van der Waals surface area contributed by atoms with Crippen LogP contribution >= 0.6 is 0 Å². The second-order valence-corrected chi connectivity index (χ2v) is 7.69. The Morgan fingerprint density at radius 3 is 2.59 bits per heavy atom. The number of methoxy groups -OCH3 is 1. The van der Waals surface area contributed by atoms with Crippen molar-refractivity contribution in [3.63, 3.8) is 0 Å². The number of carbonyl (C=O) groups excluding carboxylic acids is 1. The highest BCUT2D eigenvalue weighted by atomic mass is 16.5. The molecule has 0 fully saturated rings. The van der Waals surface area contributed by atoms with E-state index in [0.29, 0.717) is 30.2 Å². The minimum absolute atomic E-state index is 0.0237. The Morgan fingerprint density at radius 2 is 1.81 bits per heavy atom. The van der Waals surface area contributed by atoms with E-state index >= 15 is 0 Å². The van der Waals surface area contributed by atoms with E-state index in [2.05, 4.69) is 36.2 Å². The van der Waals surface area contributed by atoms with Gasteiger partial charge in [-0.05, 0) is 48.2 Å². The first-order valence-electron chi connectivity index (χ1n) is 10.8. The lowest BCUT2D eigenvalue weighted by Crippen LogP contribution is -2.42. The van der Waals surface area contributed by atoms with Crippen molar-refractivity contribution in [3.05, 3.63) is 102 Å². The summed E-state index contributed by atoms with van der Waals surface area (Å²) in [5, 5.41) is 3.48. The van der Waals surface area contributed by atoms with Gasteiger partial charge in [0.2, 0.25) is 0 Å². The molecule has 1 N–H and O–H groups in total. The highest BCUT2D eigenvalue weighted by Crippen LogP contribution is 2.36. The average Bonchev–Trinajstić information content (AvgIpc) is 2.84. The number of hydrogen-bond donors (Lipinski definition) is 1. The molecule has 0 spiro atoms. The molecule has 0 radical (unpaired) electrons. The van der Waals surface area contributed by atoms with Gasteiger partial charge in [-0.3, -0.25) is 4.79 Å². The third kappa shape index (κ3) is 4.62. The molecule has 0 aromatic heterocycles. The molecule has 5 nitrogen and oxygen atoms in total. The van der Waals surface area contributed by atoms with Crippen LogP contribution in [0.15, 0.2) is 85.5 Å². The molecule has 0 saturated carbocycles. The van der Waals surface area contributed by atoms with Gasteiger partial charge in [0, 0.05) is 12.2 Å². The van der Waals surface area contributed by atoms with Gasteiger partial charge in [-0.2, -0.15) is 0 Å². The topological polar surface area (TPSA) is 50.8 Å². The lowest BCUT2D eigenvalue weighted by atomic mass is 10.0. The second kappa shape index (κ2) is 10.1. The van der Waals surface area contributed by atoms with Crippen LogP contribution in [0.2, 0.25) is 0 Å². The molecule has 4 rings (SSSR count). The van der Waals surface area contributed by atoms with Crippen molar-refractivity contribution in [2.75, 3.05) is 25.6 Å². The van der Waals surface area contributed by atoms with E-state index in [1.54, 1.807) is 18.1 Å². The van der Waals surface area contributed by atoms with Gasteiger partial charge in [-0.15, -0.1) is 6.58 Å². The molecule has 1 aliphatic heterocycles. The number of aryl methyl sites for hydroxylation is 1. The van der Waals surface area contributed by atoms with Crippen LogP contribution in [-0.2, 0) is 6.42 Å². The van der Waals surface area contributed by atoms with Crippen LogP contribution in [0.1, 0.15) is 34.1 Å². The fourth-order valence-corrected chi connectivity index (χ4v) is 3.96. The van der Waals surface area contributed by atoms with Crippen LogP contribution in [0.3, 0.4) is 0 Å². The van der Waals surface area contributed by atoms with Crippen molar-refractivity contribution >= 4 is 11.6 Å². The van der Waals surface area contributed by atoms with Crippen LogP contribution in [0.5, 0.6) is 11.5 Å². The van der Waals surface area contributed by atoms with Crippen molar-refractivity contribution in [1.82, 2.24) is 4.90 Å². The SMILES string of the molecule is C=CCN1C(=O)c2ccccc2NC1c1ccc(OCCCc2ccccc2)c(OC)c1. The summed E-state index contributed by atoms with van der Waals surface area (Å²) >= 11 is 0. The molecule has 1 unspecified atom stereocenters. The van der Waals surface area contributed by atoms with Gasteiger partial charge >= 0.3 is 0 Å². The fourth-order valence-electron chi connectivity index (χ4n) is 3.96. The van der Waals surface area contributed by atoms with Gasteiger partial charge in [0.05, 0.1) is 19.3 Å². The number of nitrogens with zero attached hydrogens (tertiary/aromatic N) is 1.